The first kappa shape index (κ1) is 15.5. The molecule has 2 unspecified atom stereocenters. The van der Waals surface area contributed by atoms with Gasteiger partial charge < -0.3 is 9.63 Å². The summed E-state index contributed by atoms with van der Waals surface area (Å²) in [6.07, 6.45) is -0.328. The fourth-order valence-electron chi connectivity index (χ4n) is 2.71. The van der Waals surface area contributed by atoms with Gasteiger partial charge >= 0.3 is 11.9 Å². The van der Waals surface area contributed by atoms with E-state index in [2.05, 4.69) is 16.5 Å². The Morgan fingerprint density at radius 2 is 2.24 bits per heavy atom. The van der Waals surface area contributed by atoms with Gasteiger partial charge in [-0.15, -0.1) is 4.48 Å². The largest absolute Gasteiger partial charge is 0.426 e. The Morgan fingerprint density at radius 3 is 2.67 bits per heavy atom. The first-order valence-corrected chi connectivity index (χ1v) is 7.04. The number of β-amino-alcohol motifs (C(OH)–C–C–N with tert-alkyl or cyclic N) is 1. The molecular weight excluding hydrogens is 272 g/mol. The molecule has 0 saturated carbocycles. The van der Waals surface area contributed by atoms with Gasteiger partial charge in [0, 0.05) is 5.41 Å². The van der Waals surface area contributed by atoms with Gasteiger partial charge in [0.1, 0.15) is 18.3 Å². The van der Waals surface area contributed by atoms with Crippen LogP contribution in [0.1, 0.15) is 45.4 Å². The summed E-state index contributed by atoms with van der Waals surface area (Å²) in [6.45, 7) is 8.14. The number of aliphatic hydroxyl groups excluding tert-OH is 1. The zero-order chi connectivity index (χ0) is 15.8. The van der Waals surface area contributed by atoms with Gasteiger partial charge in [-0.25, -0.2) is 4.79 Å². The second-order valence-electron chi connectivity index (χ2n) is 6.33. The van der Waals surface area contributed by atoms with Crippen LogP contribution in [0.4, 0.5) is 10.7 Å². The number of nitriles is 1. The molecule has 1 aromatic rings. The highest BCUT2D eigenvalue weighted by Crippen LogP contribution is 2.38. The van der Waals surface area contributed by atoms with Gasteiger partial charge in [-0.3, -0.25) is 5.32 Å². The van der Waals surface area contributed by atoms with E-state index < -0.39 is 10.7 Å². The molecule has 0 spiro atoms. The van der Waals surface area contributed by atoms with E-state index in [9.17, 15) is 15.2 Å². The maximum atomic E-state index is 12.3. The Kier molecular flexibility index (Phi) is 3.78. The molecule has 2 rings (SSSR count). The summed E-state index contributed by atoms with van der Waals surface area (Å²) >= 11 is 0. The normalized spacial score (nSPS) is 25.7. The van der Waals surface area contributed by atoms with Crippen molar-refractivity contribution in [2.75, 3.05) is 13.1 Å². The minimum Gasteiger partial charge on any atom is -0.343 e. The van der Waals surface area contributed by atoms with Crippen LogP contribution >= 0.6 is 0 Å². The van der Waals surface area contributed by atoms with E-state index in [1.165, 1.54) is 0 Å². The number of hydrogen-bond donors (Lipinski definition) is 2. The van der Waals surface area contributed by atoms with E-state index in [-0.39, 0.29) is 29.4 Å². The molecule has 0 radical (unpaired) electrons. The van der Waals surface area contributed by atoms with Crippen LogP contribution in [0.15, 0.2) is 4.52 Å². The lowest BCUT2D eigenvalue weighted by Crippen LogP contribution is -2.57. The predicted octanol–water partition coefficient (Wildman–Crippen LogP) is 1.60. The Bertz CT molecular complexity index is 596. The lowest BCUT2D eigenvalue weighted by molar-refractivity contribution is 0.0536. The lowest BCUT2D eigenvalue weighted by Gasteiger charge is -2.29. The van der Waals surface area contributed by atoms with Crippen molar-refractivity contribution in [3.05, 3.63) is 11.3 Å². The Balaban J connectivity index is 2.66. The average molecular weight is 293 g/mol. The quantitative estimate of drug-likeness (QED) is 0.825. The van der Waals surface area contributed by atoms with Crippen LogP contribution < -0.4 is 9.80 Å². The van der Waals surface area contributed by atoms with Gasteiger partial charge in [-0.2, -0.15) is 5.26 Å². The zero-order valence-corrected chi connectivity index (χ0v) is 12.8. The molecular formula is C14H21N4O3+. The number of urea groups is 1. The molecule has 2 N–H and O–H groups in total. The van der Waals surface area contributed by atoms with Crippen molar-refractivity contribution >= 4 is 11.9 Å². The number of aliphatic hydroxyl groups is 1. The molecule has 1 aromatic heterocycles. The molecule has 114 valence electrons. The number of rotatable bonds is 3. The van der Waals surface area contributed by atoms with E-state index >= 15 is 0 Å². The Labute approximate surface area is 123 Å². The molecule has 2 heterocycles. The molecule has 7 heteroatoms. The second-order valence-corrected chi connectivity index (χ2v) is 6.33. The summed E-state index contributed by atoms with van der Waals surface area (Å²) in [6, 6.07) is 1.73. The number of nitrogens with one attached hydrogen (secondary N) is 1. The van der Waals surface area contributed by atoms with Crippen LogP contribution in [-0.4, -0.2) is 35.6 Å². The van der Waals surface area contributed by atoms with Crippen LogP contribution in [-0.2, 0) is 5.41 Å². The van der Waals surface area contributed by atoms with Crippen molar-refractivity contribution < 1.29 is 14.4 Å². The highest BCUT2D eigenvalue weighted by Gasteiger charge is 2.56. The number of nitrogens with zero attached hydrogens (tertiary/aromatic N) is 3. The number of carbonyl (C=O) groups excluding carboxylic acids is 1. The van der Waals surface area contributed by atoms with Crippen molar-refractivity contribution in [3.63, 3.8) is 0 Å². The van der Waals surface area contributed by atoms with Gasteiger partial charge in [0.25, 0.3) is 0 Å². The van der Waals surface area contributed by atoms with Crippen molar-refractivity contribution in [2.45, 2.75) is 45.8 Å². The maximum absolute atomic E-state index is 12.3. The minimum atomic E-state index is -0.981. The molecule has 1 fully saturated rings. The monoisotopic (exact) mass is 293 g/mol. The van der Waals surface area contributed by atoms with E-state index in [0.717, 1.165) is 0 Å². The molecule has 1 aliphatic heterocycles. The van der Waals surface area contributed by atoms with Crippen LogP contribution in [0.3, 0.4) is 0 Å². The molecule has 1 aliphatic rings. The van der Waals surface area contributed by atoms with Gasteiger partial charge in [0.15, 0.2) is 5.56 Å². The highest BCUT2D eigenvalue weighted by atomic mass is 16.5. The summed E-state index contributed by atoms with van der Waals surface area (Å²) in [5.41, 5.74) is 0.358. The molecule has 0 bridgehead atoms. The molecule has 0 aliphatic carbocycles. The third-order valence-electron chi connectivity index (χ3n) is 3.74. The minimum absolute atomic E-state index is 0.131. The Morgan fingerprint density at radius 1 is 1.57 bits per heavy atom. The van der Waals surface area contributed by atoms with Gasteiger partial charge in [0.2, 0.25) is 6.23 Å². The van der Waals surface area contributed by atoms with Gasteiger partial charge in [-0.05, 0) is 6.42 Å². The van der Waals surface area contributed by atoms with Crippen molar-refractivity contribution in [2.24, 2.45) is 0 Å². The number of quaternary nitrogens is 1. The standard InChI is InChI=1S/C14H20N4O3/c1-5-6-18(10(19)8-16-13(18)20)12-9(7-15)11(17-21-12)14(2,3)4/h10,19H,5-6,8H2,1-4H3/p+1. The van der Waals surface area contributed by atoms with E-state index in [1.54, 1.807) is 0 Å². The predicted molar refractivity (Wildman–Crippen MR) is 76.3 cm³/mol. The van der Waals surface area contributed by atoms with Gasteiger partial charge in [0.05, 0.1) is 6.54 Å². The number of aromatic nitrogens is 1. The first-order chi connectivity index (χ1) is 9.79. The lowest BCUT2D eigenvalue weighted by atomic mass is 9.89. The molecule has 1 saturated heterocycles. The summed E-state index contributed by atoms with van der Waals surface area (Å²) in [5, 5.41) is 26.4. The van der Waals surface area contributed by atoms with Crippen molar-refractivity contribution in [1.82, 2.24) is 15.0 Å². The van der Waals surface area contributed by atoms with E-state index in [1.807, 2.05) is 27.7 Å². The fourth-order valence-corrected chi connectivity index (χ4v) is 2.71. The molecule has 2 atom stereocenters. The summed E-state index contributed by atoms with van der Waals surface area (Å²) < 4.78 is 4.96. The van der Waals surface area contributed by atoms with Crippen molar-refractivity contribution in [3.8, 4) is 6.07 Å². The SMILES string of the molecule is CCC[N+]1(c2onc(C(C)(C)C)c2C#N)C(=O)NCC1O. The van der Waals surface area contributed by atoms with Crippen LogP contribution in [0, 0.1) is 11.3 Å². The number of amides is 2. The zero-order valence-electron chi connectivity index (χ0n) is 12.8. The Hall–Kier alpha value is -1.91. The van der Waals surface area contributed by atoms with E-state index in [4.69, 9.17) is 4.52 Å². The molecule has 7 nitrogen and oxygen atoms in total. The first-order valence-electron chi connectivity index (χ1n) is 7.04. The van der Waals surface area contributed by atoms with Crippen LogP contribution in [0.5, 0.6) is 0 Å². The highest BCUT2D eigenvalue weighted by molar-refractivity contribution is 5.89. The van der Waals surface area contributed by atoms with Gasteiger partial charge in [-0.1, -0.05) is 32.9 Å². The third kappa shape index (κ3) is 2.20. The topological polar surface area (TPSA) is 99.2 Å². The summed E-state index contributed by atoms with van der Waals surface area (Å²) in [4.78, 5) is 12.3. The second kappa shape index (κ2) is 5.13. The maximum Gasteiger partial charge on any atom is 0.426 e. The van der Waals surface area contributed by atoms with Crippen LogP contribution in [0.25, 0.3) is 0 Å². The molecule has 0 aromatic carbocycles. The van der Waals surface area contributed by atoms with E-state index in [0.29, 0.717) is 18.7 Å². The fraction of sp³-hybridized carbons (Fsp3) is 0.643. The summed E-state index contributed by atoms with van der Waals surface area (Å²) in [7, 11) is 0. The summed E-state index contributed by atoms with van der Waals surface area (Å²) in [5.74, 6) is 0.131. The van der Waals surface area contributed by atoms with Crippen LogP contribution in [0.2, 0.25) is 0 Å². The smallest absolute Gasteiger partial charge is 0.343 e. The number of hydrogen-bond acceptors (Lipinski definition) is 5. The molecule has 2 amide bonds. The average Bonchev–Trinajstić information content (AvgIpc) is 2.95. The molecule has 21 heavy (non-hydrogen) atoms. The third-order valence-corrected chi connectivity index (χ3v) is 3.74. The number of carbonyl (C=O) groups is 1. The van der Waals surface area contributed by atoms with Crippen molar-refractivity contribution in [1.29, 1.82) is 5.26 Å².